The molecule has 7 heteroatoms. The Balaban J connectivity index is 1.48. The highest BCUT2D eigenvalue weighted by molar-refractivity contribution is 7.09. The number of ether oxygens (including phenoxy) is 1. The van der Waals surface area contributed by atoms with Gasteiger partial charge >= 0.3 is 6.03 Å². The molecule has 3 rings (SSSR count). The second-order valence-corrected chi connectivity index (χ2v) is 7.36. The van der Waals surface area contributed by atoms with Crippen LogP contribution in [0, 0.1) is 5.92 Å². The highest BCUT2D eigenvalue weighted by Gasteiger charge is 2.35. The van der Waals surface area contributed by atoms with Crippen molar-refractivity contribution in [3.8, 4) is 0 Å². The zero-order valence-electron chi connectivity index (χ0n) is 13.7. The van der Waals surface area contributed by atoms with Gasteiger partial charge < -0.3 is 15.4 Å². The Morgan fingerprint density at radius 3 is 3.09 bits per heavy atom. The van der Waals surface area contributed by atoms with E-state index in [9.17, 15) is 4.79 Å². The van der Waals surface area contributed by atoms with Gasteiger partial charge in [-0.1, -0.05) is 0 Å². The Kier molecular flexibility index (Phi) is 5.85. The number of hydrogen-bond acceptors (Lipinski definition) is 5. The molecule has 1 aromatic heterocycles. The van der Waals surface area contributed by atoms with E-state index in [0.29, 0.717) is 5.92 Å². The number of thiazole rings is 1. The van der Waals surface area contributed by atoms with Gasteiger partial charge in [0.25, 0.3) is 0 Å². The fourth-order valence-corrected chi connectivity index (χ4v) is 3.94. The molecular weight excluding hydrogens is 312 g/mol. The summed E-state index contributed by atoms with van der Waals surface area (Å²) in [7, 11) is 1.73. The Morgan fingerprint density at radius 1 is 1.52 bits per heavy atom. The van der Waals surface area contributed by atoms with Crippen LogP contribution in [0.15, 0.2) is 11.6 Å². The van der Waals surface area contributed by atoms with Crippen molar-refractivity contribution in [2.24, 2.45) is 5.92 Å². The van der Waals surface area contributed by atoms with E-state index in [0.717, 1.165) is 44.1 Å². The van der Waals surface area contributed by atoms with E-state index in [1.54, 1.807) is 18.4 Å². The van der Waals surface area contributed by atoms with Crippen LogP contribution < -0.4 is 10.6 Å². The lowest BCUT2D eigenvalue weighted by molar-refractivity contribution is 0.123. The van der Waals surface area contributed by atoms with Crippen molar-refractivity contribution in [2.75, 3.05) is 33.4 Å². The number of nitrogens with one attached hydrogen (secondary N) is 2. The SMILES string of the molecule is COCCN1CCC[C@@H](NC(=O)N[C@H](c2nccs2)C2CC2)C1. The number of hydrogen-bond donors (Lipinski definition) is 2. The molecule has 1 saturated heterocycles. The number of carbonyl (C=O) groups excluding carboxylic acids is 1. The van der Waals surface area contributed by atoms with Crippen LogP contribution in [0.25, 0.3) is 0 Å². The van der Waals surface area contributed by atoms with E-state index in [1.807, 2.05) is 11.6 Å². The first kappa shape index (κ1) is 16.7. The van der Waals surface area contributed by atoms with Crippen LogP contribution in [0.3, 0.4) is 0 Å². The maximum Gasteiger partial charge on any atom is 0.315 e. The number of amides is 2. The zero-order valence-corrected chi connectivity index (χ0v) is 14.5. The molecule has 1 aliphatic carbocycles. The van der Waals surface area contributed by atoms with Crippen LogP contribution >= 0.6 is 11.3 Å². The minimum absolute atomic E-state index is 0.0595. The van der Waals surface area contributed by atoms with Gasteiger partial charge in [0.2, 0.25) is 0 Å². The quantitative estimate of drug-likeness (QED) is 0.798. The van der Waals surface area contributed by atoms with Crippen molar-refractivity contribution in [1.82, 2.24) is 20.5 Å². The number of nitrogens with zero attached hydrogens (tertiary/aromatic N) is 2. The van der Waals surface area contributed by atoms with Crippen molar-refractivity contribution in [2.45, 2.75) is 37.8 Å². The molecule has 2 amide bonds. The smallest absolute Gasteiger partial charge is 0.315 e. The molecule has 2 atom stereocenters. The van der Waals surface area contributed by atoms with E-state index in [4.69, 9.17) is 4.74 Å². The average Bonchev–Trinajstić information content (AvgIpc) is 3.25. The van der Waals surface area contributed by atoms with Crippen LogP contribution in [0.1, 0.15) is 36.7 Å². The fourth-order valence-electron chi connectivity index (χ4n) is 3.16. The van der Waals surface area contributed by atoms with Crippen molar-refractivity contribution in [1.29, 1.82) is 0 Å². The molecule has 0 aromatic carbocycles. The Labute approximate surface area is 141 Å². The third kappa shape index (κ3) is 4.89. The third-order valence-corrected chi connectivity index (χ3v) is 5.41. The lowest BCUT2D eigenvalue weighted by Crippen LogP contribution is -2.51. The van der Waals surface area contributed by atoms with Gasteiger partial charge in [-0.25, -0.2) is 9.78 Å². The molecule has 23 heavy (non-hydrogen) atoms. The van der Waals surface area contributed by atoms with Crippen LogP contribution in [-0.2, 0) is 4.74 Å². The predicted molar refractivity (Wildman–Crippen MR) is 90.6 cm³/mol. The predicted octanol–water partition coefficient (Wildman–Crippen LogP) is 2.00. The summed E-state index contributed by atoms with van der Waals surface area (Å²) in [5.41, 5.74) is 0. The lowest BCUT2D eigenvalue weighted by Gasteiger charge is -2.33. The first-order valence-corrected chi connectivity index (χ1v) is 9.32. The van der Waals surface area contributed by atoms with Crippen LogP contribution in [0.2, 0.25) is 0 Å². The molecule has 1 saturated carbocycles. The molecule has 0 unspecified atom stereocenters. The van der Waals surface area contributed by atoms with E-state index in [1.165, 1.54) is 12.8 Å². The van der Waals surface area contributed by atoms with Crippen molar-refractivity contribution in [3.05, 3.63) is 16.6 Å². The largest absolute Gasteiger partial charge is 0.383 e. The highest BCUT2D eigenvalue weighted by Crippen LogP contribution is 2.41. The second kappa shape index (κ2) is 8.08. The van der Waals surface area contributed by atoms with E-state index in [-0.39, 0.29) is 18.1 Å². The number of piperidine rings is 1. The number of aromatic nitrogens is 1. The summed E-state index contributed by atoms with van der Waals surface area (Å²) in [6.07, 6.45) is 6.33. The normalized spacial score (nSPS) is 23.4. The summed E-state index contributed by atoms with van der Waals surface area (Å²) in [4.78, 5) is 19.1. The number of rotatable bonds is 7. The molecule has 1 aliphatic heterocycles. The van der Waals surface area contributed by atoms with Crippen molar-refractivity contribution >= 4 is 17.4 Å². The standard InChI is InChI=1S/C16H26N4O2S/c1-22-9-8-20-7-2-3-13(11-20)18-16(21)19-14(12-4-5-12)15-17-6-10-23-15/h6,10,12-14H,2-5,7-9,11H2,1H3,(H2,18,19,21)/t13-,14+/m1/s1. The van der Waals surface area contributed by atoms with E-state index < -0.39 is 0 Å². The molecule has 2 N–H and O–H groups in total. The molecule has 2 heterocycles. The topological polar surface area (TPSA) is 66.5 Å². The summed E-state index contributed by atoms with van der Waals surface area (Å²) >= 11 is 1.62. The number of urea groups is 1. The Hall–Kier alpha value is -1.18. The Morgan fingerprint density at radius 2 is 2.39 bits per heavy atom. The van der Waals surface area contributed by atoms with Crippen molar-refractivity contribution in [3.63, 3.8) is 0 Å². The molecule has 1 aromatic rings. The first-order valence-electron chi connectivity index (χ1n) is 8.44. The summed E-state index contributed by atoms with van der Waals surface area (Å²) in [6.45, 7) is 3.67. The van der Waals surface area contributed by atoms with Gasteiger partial charge in [-0.3, -0.25) is 4.90 Å². The zero-order chi connectivity index (χ0) is 16.1. The first-order chi connectivity index (χ1) is 11.3. The van der Waals surface area contributed by atoms with Gasteiger partial charge in [0.15, 0.2) is 0 Å². The van der Waals surface area contributed by atoms with Crippen LogP contribution in [0.4, 0.5) is 4.79 Å². The van der Waals surface area contributed by atoms with Gasteiger partial charge in [-0.05, 0) is 38.1 Å². The number of carbonyl (C=O) groups is 1. The molecule has 6 nitrogen and oxygen atoms in total. The summed E-state index contributed by atoms with van der Waals surface area (Å²) < 4.78 is 5.14. The third-order valence-electron chi connectivity index (χ3n) is 4.55. The summed E-state index contributed by atoms with van der Waals surface area (Å²) in [5.74, 6) is 0.552. The number of methoxy groups -OCH3 is 1. The van der Waals surface area contributed by atoms with Crippen LogP contribution in [0.5, 0.6) is 0 Å². The maximum atomic E-state index is 12.4. The average molecular weight is 338 g/mol. The molecule has 2 fully saturated rings. The van der Waals surface area contributed by atoms with Gasteiger partial charge in [0.05, 0.1) is 12.6 Å². The van der Waals surface area contributed by atoms with E-state index >= 15 is 0 Å². The Bertz CT molecular complexity index is 492. The molecule has 0 radical (unpaired) electrons. The van der Waals surface area contributed by atoms with Gasteiger partial charge in [0.1, 0.15) is 5.01 Å². The lowest BCUT2D eigenvalue weighted by atomic mass is 10.1. The molecule has 0 spiro atoms. The highest BCUT2D eigenvalue weighted by atomic mass is 32.1. The van der Waals surface area contributed by atoms with Gasteiger partial charge in [-0.2, -0.15) is 0 Å². The van der Waals surface area contributed by atoms with Gasteiger partial charge in [-0.15, -0.1) is 11.3 Å². The summed E-state index contributed by atoms with van der Waals surface area (Å²) in [6, 6.07) is 0.232. The monoisotopic (exact) mass is 338 g/mol. The van der Waals surface area contributed by atoms with Crippen molar-refractivity contribution < 1.29 is 9.53 Å². The summed E-state index contributed by atoms with van der Waals surface area (Å²) in [5, 5.41) is 9.28. The molecule has 0 bridgehead atoms. The van der Waals surface area contributed by atoms with Crippen LogP contribution in [-0.4, -0.2) is 55.3 Å². The second-order valence-electron chi connectivity index (χ2n) is 6.44. The number of likely N-dealkylation sites (tertiary alicyclic amines) is 1. The van der Waals surface area contributed by atoms with E-state index in [2.05, 4.69) is 20.5 Å². The minimum atomic E-state index is -0.0595. The van der Waals surface area contributed by atoms with Gasteiger partial charge in [0, 0.05) is 37.8 Å². The molecule has 128 valence electrons. The minimum Gasteiger partial charge on any atom is -0.383 e. The maximum absolute atomic E-state index is 12.4. The fraction of sp³-hybridized carbons (Fsp3) is 0.750. The molecule has 2 aliphatic rings. The molecular formula is C16H26N4O2S.